The van der Waals surface area contributed by atoms with Crippen LogP contribution in [0.15, 0.2) is 12.4 Å². The van der Waals surface area contributed by atoms with Gasteiger partial charge in [0, 0.05) is 43.2 Å². The van der Waals surface area contributed by atoms with E-state index in [1.165, 1.54) is 23.5 Å². The second-order valence-corrected chi connectivity index (χ2v) is 5.44. The molecule has 2 aromatic heterocycles. The number of nitrogens with one attached hydrogen (secondary N) is 2. The summed E-state index contributed by atoms with van der Waals surface area (Å²) in [6, 6.07) is 0. The van der Waals surface area contributed by atoms with Gasteiger partial charge in [-0.1, -0.05) is 0 Å². The molecule has 102 valence electrons. The van der Waals surface area contributed by atoms with Crippen molar-refractivity contribution in [1.29, 1.82) is 0 Å². The number of H-pyrrole nitrogens is 1. The Kier molecular flexibility index (Phi) is 3.38. The molecular weight excluding hydrogens is 238 g/mol. The highest BCUT2D eigenvalue weighted by Gasteiger charge is 2.18. The Morgan fingerprint density at radius 1 is 1.47 bits per heavy atom. The topological polar surface area (TPSA) is 58.5 Å². The first-order chi connectivity index (χ1) is 9.24. The third kappa shape index (κ3) is 2.56. The molecule has 0 fully saturated rings. The largest absolute Gasteiger partial charge is 0.335 e. The van der Waals surface area contributed by atoms with Gasteiger partial charge in [-0.3, -0.25) is 5.10 Å². The van der Waals surface area contributed by atoms with Crippen LogP contribution in [0.1, 0.15) is 29.2 Å². The number of aromatic amines is 1. The van der Waals surface area contributed by atoms with Crippen LogP contribution in [-0.2, 0) is 19.5 Å². The minimum absolute atomic E-state index is 0.703. The third-order valence-corrected chi connectivity index (χ3v) is 4.05. The zero-order valence-corrected chi connectivity index (χ0v) is 11.6. The molecule has 2 aromatic rings. The van der Waals surface area contributed by atoms with E-state index in [0.29, 0.717) is 5.92 Å². The minimum Gasteiger partial charge on any atom is -0.335 e. The number of hydrogen-bond acceptors (Lipinski definition) is 3. The van der Waals surface area contributed by atoms with Crippen molar-refractivity contribution >= 4 is 0 Å². The maximum absolute atomic E-state index is 4.37. The van der Waals surface area contributed by atoms with E-state index >= 15 is 0 Å². The molecule has 2 N–H and O–H groups in total. The number of imidazole rings is 1. The summed E-state index contributed by atoms with van der Waals surface area (Å²) < 4.78 is 2.28. The Balaban J connectivity index is 1.51. The standard InChI is InChI=1S/C14H21N5/c1-10-13(11(2)18-17-10)8-15-7-12-3-4-14-16-5-6-19(14)9-12/h5-6,12,15H,3-4,7-9H2,1-2H3,(H,17,18). The second kappa shape index (κ2) is 5.17. The monoisotopic (exact) mass is 259 g/mol. The average Bonchev–Trinajstić information content (AvgIpc) is 2.99. The summed E-state index contributed by atoms with van der Waals surface area (Å²) in [5.41, 5.74) is 3.58. The van der Waals surface area contributed by atoms with E-state index in [9.17, 15) is 0 Å². The Morgan fingerprint density at radius 2 is 2.37 bits per heavy atom. The molecule has 0 bridgehead atoms. The van der Waals surface area contributed by atoms with Gasteiger partial charge in [-0.25, -0.2) is 4.98 Å². The average molecular weight is 259 g/mol. The highest BCUT2D eigenvalue weighted by Crippen LogP contribution is 2.18. The summed E-state index contributed by atoms with van der Waals surface area (Å²) in [5.74, 6) is 1.94. The zero-order chi connectivity index (χ0) is 13.2. The molecule has 1 atom stereocenters. The fourth-order valence-corrected chi connectivity index (χ4v) is 2.84. The first kappa shape index (κ1) is 12.4. The Labute approximate surface area is 113 Å². The lowest BCUT2D eigenvalue weighted by molar-refractivity contribution is 0.347. The SMILES string of the molecule is Cc1n[nH]c(C)c1CNCC1CCc2nccn2C1. The molecule has 3 rings (SSSR count). The normalized spacial score (nSPS) is 18.5. The highest BCUT2D eigenvalue weighted by molar-refractivity contribution is 5.22. The van der Waals surface area contributed by atoms with Crippen LogP contribution in [0.5, 0.6) is 0 Å². The molecule has 0 saturated heterocycles. The van der Waals surface area contributed by atoms with E-state index in [1.54, 1.807) is 0 Å². The van der Waals surface area contributed by atoms with Crippen molar-refractivity contribution in [3.05, 3.63) is 35.2 Å². The zero-order valence-electron chi connectivity index (χ0n) is 11.6. The molecule has 1 aliphatic rings. The molecule has 1 aliphatic heterocycles. The van der Waals surface area contributed by atoms with Crippen molar-refractivity contribution in [3.8, 4) is 0 Å². The van der Waals surface area contributed by atoms with Crippen LogP contribution in [0.2, 0.25) is 0 Å². The molecule has 3 heterocycles. The van der Waals surface area contributed by atoms with Gasteiger partial charge in [0.2, 0.25) is 0 Å². The van der Waals surface area contributed by atoms with Crippen molar-refractivity contribution in [2.45, 2.75) is 39.8 Å². The van der Waals surface area contributed by atoms with Gasteiger partial charge in [0.15, 0.2) is 0 Å². The van der Waals surface area contributed by atoms with Crippen molar-refractivity contribution in [2.24, 2.45) is 5.92 Å². The van der Waals surface area contributed by atoms with Crippen molar-refractivity contribution in [2.75, 3.05) is 6.54 Å². The lowest BCUT2D eigenvalue weighted by Crippen LogP contribution is -2.29. The van der Waals surface area contributed by atoms with Crippen LogP contribution >= 0.6 is 0 Å². The van der Waals surface area contributed by atoms with Crippen molar-refractivity contribution in [1.82, 2.24) is 25.1 Å². The molecule has 5 nitrogen and oxygen atoms in total. The van der Waals surface area contributed by atoms with Crippen molar-refractivity contribution < 1.29 is 0 Å². The summed E-state index contributed by atoms with van der Waals surface area (Å²) in [6.45, 7) is 7.18. The van der Waals surface area contributed by atoms with E-state index in [-0.39, 0.29) is 0 Å². The van der Waals surface area contributed by atoms with Crippen LogP contribution in [-0.4, -0.2) is 26.3 Å². The van der Waals surface area contributed by atoms with Crippen LogP contribution in [0.25, 0.3) is 0 Å². The number of nitrogens with zero attached hydrogens (tertiary/aromatic N) is 3. The summed E-state index contributed by atoms with van der Waals surface area (Å²) >= 11 is 0. The molecule has 0 aliphatic carbocycles. The maximum atomic E-state index is 4.37. The molecule has 19 heavy (non-hydrogen) atoms. The lowest BCUT2D eigenvalue weighted by atomic mass is 9.99. The maximum Gasteiger partial charge on any atom is 0.108 e. The summed E-state index contributed by atoms with van der Waals surface area (Å²) in [5, 5.41) is 10.8. The van der Waals surface area contributed by atoms with Gasteiger partial charge in [-0.15, -0.1) is 0 Å². The lowest BCUT2D eigenvalue weighted by Gasteiger charge is -2.24. The first-order valence-corrected chi connectivity index (χ1v) is 6.95. The second-order valence-electron chi connectivity index (χ2n) is 5.44. The van der Waals surface area contributed by atoms with E-state index in [1.807, 2.05) is 6.20 Å². The predicted molar refractivity (Wildman–Crippen MR) is 73.8 cm³/mol. The quantitative estimate of drug-likeness (QED) is 0.876. The van der Waals surface area contributed by atoms with Gasteiger partial charge in [-0.2, -0.15) is 5.10 Å². The number of aryl methyl sites for hydroxylation is 3. The molecule has 0 spiro atoms. The van der Waals surface area contributed by atoms with E-state index < -0.39 is 0 Å². The predicted octanol–water partition coefficient (Wildman–Crippen LogP) is 1.58. The fraction of sp³-hybridized carbons (Fsp3) is 0.571. The van der Waals surface area contributed by atoms with Gasteiger partial charge in [-0.05, 0) is 32.7 Å². The number of hydrogen-bond donors (Lipinski definition) is 2. The van der Waals surface area contributed by atoms with E-state index in [4.69, 9.17) is 0 Å². The van der Waals surface area contributed by atoms with Crippen LogP contribution < -0.4 is 5.32 Å². The van der Waals surface area contributed by atoms with Gasteiger partial charge in [0.05, 0.1) is 5.69 Å². The van der Waals surface area contributed by atoms with E-state index in [2.05, 4.69) is 45.1 Å². The van der Waals surface area contributed by atoms with Gasteiger partial charge >= 0.3 is 0 Å². The molecule has 0 amide bonds. The Morgan fingerprint density at radius 3 is 3.16 bits per heavy atom. The molecule has 1 unspecified atom stereocenters. The smallest absolute Gasteiger partial charge is 0.108 e. The highest BCUT2D eigenvalue weighted by atomic mass is 15.1. The minimum atomic E-state index is 0.703. The number of rotatable bonds is 4. The Bertz CT molecular complexity index is 534. The fourth-order valence-electron chi connectivity index (χ4n) is 2.84. The summed E-state index contributed by atoms with van der Waals surface area (Å²) in [4.78, 5) is 4.37. The molecule has 0 aromatic carbocycles. The Hall–Kier alpha value is -1.62. The number of fused-ring (bicyclic) bond motifs is 1. The van der Waals surface area contributed by atoms with Gasteiger partial charge in [0.1, 0.15) is 5.82 Å². The molecule has 5 heteroatoms. The third-order valence-electron chi connectivity index (χ3n) is 4.05. The van der Waals surface area contributed by atoms with Crippen LogP contribution in [0.4, 0.5) is 0 Å². The van der Waals surface area contributed by atoms with Crippen LogP contribution in [0.3, 0.4) is 0 Å². The first-order valence-electron chi connectivity index (χ1n) is 6.95. The molecular formula is C14H21N5. The van der Waals surface area contributed by atoms with Gasteiger partial charge in [0.25, 0.3) is 0 Å². The molecule has 0 radical (unpaired) electrons. The molecule has 0 saturated carbocycles. The number of aromatic nitrogens is 4. The van der Waals surface area contributed by atoms with Crippen LogP contribution in [0, 0.1) is 19.8 Å². The summed E-state index contributed by atoms with van der Waals surface area (Å²) in [6.07, 6.45) is 6.33. The van der Waals surface area contributed by atoms with E-state index in [0.717, 1.165) is 31.7 Å². The van der Waals surface area contributed by atoms with Gasteiger partial charge < -0.3 is 9.88 Å². The van der Waals surface area contributed by atoms with Crippen molar-refractivity contribution in [3.63, 3.8) is 0 Å². The summed E-state index contributed by atoms with van der Waals surface area (Å²) in [7, 11) is 0.